The normalized spacial score (nSPS) is 18.6. The van der Waals surface area contributed by atoms with E-state index in [0.29, 0.717) is 0 Å². The van der Waals surface area contributed by atoms with Gasteiger partial charge in [0.2, 0.25) is 8.32 Å². The van der Waals surface area contributed by atoms with Crippen molar-refractivity contribution in [2.24, 2.45) is 0 Å². The van der Waals surface area contributed by atoms with Gasteiger partial charge in [0.05, 0.1) is 29.1 Å². The molecule has 1 aromatic carbocycles. The Hall–Kier alpha value is -2.21. The van der Waals surface area contributed by atoms with E-state index in [1.54, 1.807) is 0 Å². The quantitative estimate of drug-likeness (QED) is 0.614. The number of allylic oxidation sites excluding steroid dienone is 2. The Morgan fingerprint density at radius 1 is 1.28 bits per heavy atom. The number of nitrogens with one attached hydrogen (secondary N) is 1. The Morgan fingerprint density at radius 3 is 2.68 bits per heavy atom. The maximum Gasteiger partial charge on any atom is 0.250 e. The largest absolute Gasteiger partial charge is 0.545 e. The van der Waals surface area contributed by atoms with Gasteiger partial charge in [0.25, 0.3) is 0 Å². The Kier molecular flexibility index (Phi) is 4.19. The average Bonchev–Trinajstić information content (AvgIpc) is 2.94. The Bertz CT molecular complexity index is 845. The number of aromatic amines is 1. The molecule has 0 bridgehead atoms. The molecule has 0 spiro atoms. The minimum absolute atomic E-state index is 0.0887. The zero-order valence-electron chi connectivity index (χ0n) is 15.9. The summed E-state index contributed by atoms with van der Waals surface area (Å²) in [4.78, 5) is 2.17. The summed E-state index contributed by atoms with van der Waals surface area (Å²) in [6.07, 6.45) is 7.98. The van der Waals surface area contributed by atoms with Crippen LogP contribution in [0.3, 0.4) is 0 Å². The minimum atomic E-state index is -1.89. The van der Waals surface area contributed by atoms with Crippen molar-refractivity contribution < 1.29 is 4.43 Å². The SMILES string of the molecule is C[C@H]1C(O[Si](C)(C)C(C)(C)C)=CC=CN1c1cc2cn[nH]c2cc1N. The van der Waals surface area contributed by atoms with Crippen LogP contribution < -0.4 is 10.6 Å². The van der Waals surface area contributed by atoms with Crippen molar-refractivity contribution in [2.45, 2.75) is 51.9 Å². The minimum Gasteiger partial charge on any atom is -0.545 e. The molecule has 1 aliphatic rings. The van der Waals surface area contributed by atoms with E-state index < -0.39 is 8.32 Å². The highest BCUT2D eigenvalue weighted by molar-refractivity contribution is 6.74. The monoisotopic (exact) mass is 356 g/mol. The van der Waals surface area contributed by atoms with Crippen LogP contribution in [0.25, 0.3) is 10.9 Å². The second kappa shape index (κ2) is 5.95. The number of hydrogen-bond donors (Lipinski definition) is 2. The highest BCUT2D eigenvalue weighted by atomic mass is 28.4. The van der Waals surface area contributed by atoms with E-state index >= 15 is 0 Å². The number of fused-ring (bicyclic) bond motifs is 1. The van der Waals surface area contributed by atoms with Crippen molar-refractivity contribution in [1.29, 1.82) is 0 Å². The molecule has 0 fully saturated rings. The van der Waals surface area contributed by atoms with E-state index in [4.69, 9.17) is 10.2 Å². The molecule has 3 N–H and O–H groups in total. The summed E-state index contributed by atoms with van der Waals surface area (Å²) in [5.41, 5.74) is 8.95. The molecule has 25 heavy (non-hydrogen) atoms. The van der Waals surface area contributed by atoms with Crippen LogP contribution >= 0.6 is 0 Å². The van der Waals surface area contributed by atoms with Crippen LogP contribution in [0.1, 0.15) is 27.7 Å². The first-order chi connectivity index (χ1) is 11.6. The van der Waals surface area contributed by atoms with Crippen LogP contribution in [0.5, 0.6) is 0 Å². The van der Waals surface area contributed by atoms with Gasteiger partial charge in [0, 0.05) is 11.6 Å². The fourth-order valence-corrected chi connectivity index (χ4v) is 3.85. The van der Waals surface area contributed by atoms with E-state index in [-0.39, 0.29) is 11.1 Å². The van der Waals surface area contributed by atoms with Crippen molar-refractivity contribution in [3.8, 4) is 0 Å². The van der Waals surface area contributed by atoms with Gasteiger partial charge >= 0.3 is 0 Å². The second-order valence-electron chi connectivity index (χ2n) is 8.22. The van der Waals surface area contributed by atoms with E-state index in [1.807, 2.05) is 18.3 Å². The zero-order chi connectivity index (χ0) is 18.4. The number of anilines is 2. The van der Waals surface area contributed by atoms with Gasteiger partial charge in [-0.05, 0) is 49.3 Å². The van der Waals surface area contributed by atoms with Crippen molar-refractivity contribution >= 4 is 30.6 Å². The summed E-state index contributed by atoms with van der Waals surface area (Å²) in [6, 6.07) is 4.10. The number of nitrogens with two attached hydrogens (primary N) is 1. The van der Waals surface area contributed by atoms with Crippen LogP contribution in [-0.4, -0.2) is 24.6 Å². The maximum atomic E-state index is 6.57. The fourth-order valence-electron chi connectivity index (χ4n) is 2.71. The van der Waals surface area contributed by atoms with Crippen LogP contribution in [0, 0.1) is 0 Å². The first-order valence-corrected chi connectivity index (χ1v) is 11.6. The van der Waals surface area contributed by atoms with Gasteiger partial charge < -0.3 is 15.1 Å². The number of benzene rings is 1. The van der Waals surface area contributed by atoms with Gasteiger partial charge in [0.1, 0.15) is 5.76 Å². The van der Waals surface area contributed by atoms with Gasteiger partial charge in [-0.2, -0.15) is 5.10 Å². The molecule has 1 aromatic heterocycles. The molecule has 0 saturated heterocycles. The summed E-state index contributed by atoms with van der Waals surface area (Å²) >= 11 is 0. The van der Waals surface area contributed by atoms with E-state index in [2.05, 4.69) is 74.2 Å². The van der Waals surface area contributed by atoms with Crippen molar-refractivity contribution in [1.82, 2.24) is 10.2 Å². The van der Waals surface area contributed by atoms with E-state index in [9.17, 15) is 0 Å². The lowest BCUT2D eigenvalue weighted by atomic mass is 10.1. The highest BCUT2D eigenvalue weighted by Crippen LogP contribution is 2.40. The number of aromatic nitrogens is 2. The molecule has 0 radical (unpaired) electrons. The molecule has 0 aliphatic carbocycles. The zero-order valence-corrected chi connectivity index (χ0v) is 16.9. The first kappa shape index (κ1) is 17.6. The molecule has 1 atom stereocenters. The Labute approximate surface area is 150 Å². The molecule has 134 valence electrons. The standard InChI is InChI=1S/C19H28N4OSi/c1-13-18(24-25(5,6)19(2,3)4)8-7-9-23(13)17-10-14-12-21-22-16(14)11-15(17)20/h7-13H,20H2,1-6H3,(H,21,22)/t13-/m0/s1. The molecule has 0 unspecified atom stereocenters. The highest BCUT2D eigenvalue weighted by Gasteiger charge is 2.40. The Morgan fingerprint density at radius 2 is 2.00 bits per heavy atom. The van der Waals surface area contributed by atoms with Gasteiger partial charge in [-0.15, -0.1) is 0 Å². The lowest BCUT2D eigenvalue weighted by molar-refractivity contribution is 0.353. The molecule has 2 heterocycles. The average molecular weight is 357 g/mol. The number of nitrogens with zero attached hydrogens (tertiary/aromatic N) is 2. The molecule has 2 aromatic rings. The molecular weight excluding hydrogens is 328 g/mol. The summed E-state index contributed by atoms with van der Waals surface area (Å²) in [5, 5.41) is 8.26. The van der Waals surface area contributed by atoms with E-state index in [1.165, 1.54) is 0 Å². The van der Waals surface area contributed by atoms with Gasteiger partial charge in [0.15, 0.2) is 0 Å². The molecule has 1 aliphatic heterocycles. The molecule has 3 rings (SSSR count). The molecular formula is C19H28N4OSi. The lowest BCUT2D eigenvalue weighted by Crippen LogP contribution is -2.44. The number of hydrogen-bond acceptors (Lipinski definition) is 4. The van der Waals surface area contributed by atoms with Gasteiger partial charge in [-0.3, -0.25) is 5.10 Å². The maximum absolute atomic E-state index is 6.57. The Balaban J connectivity index is 1.91. The van der Waals surface area contributed by atoms with E-state index in [0.717, 1.165) is 28.0 Å². The van der Waals surface area contributed by atoms with Crippen molar-refractivity contribution in [3.63, 3.8) is 0 Å². The van der Waals surface area contributed by atoms with Crippen LogP contribution in [0.15, 0.2) is 42.4 Å². The smallest absolute Gasteiger partial charge is 0.250 e. The topological polar surface area (TPSA) is 67.2 Å². The van der Waals surface area contributed by atoms with Gasteiger partial charge in [-0.1, -0.05) is 20.8 Å². The summed E-state index contributed by atoms with van der Waals surface area (Å²) in [6.45, 7) is 13.5. The predicted molar refractivity (Wildman–Crippen MR) is 108 cm³/mol. The fraction of sp³-hybridized carbons (Fsp3) is 0.421. The first-order valence-electron chi connectivity index (χ1n) is 8.68. The number of H-pyrrole nitrogens is 1. The third-order valence-corrected chi connectivity index (χ3v) is 9.74. The third-order valence-electron chi connectivity index (χ3n) is 5.38. The van der Waals surface area contributed by atoms with Crippen LogP contribution in [-0.2, 0) is 4.43 Å². The third kappa shape index (κ3) is 3.18. The lowest BCUT2D eigenvalue weighted by Gasteiger charge is -2.41. The summed E-state index contributed by atoms with van der Waals surface area (Å²) in [5.74, 6) is 1.00. The molecule has 5 nitrogen and oxygen atoms in total. The number of rotatable bonds is 3. The second-order valence-corrected chi connectivity index (χ2v) is 12.9. The predicted octanol–water partition coefficient (Wildman–Crippen LogP) is 4.77. The molecule has 6 heteroatoms. The van der Waals surface area contributed by atoms with Crippen molar-refractivity contribution in [3.05, 3.63) is 42.4 Å². The van der Waals surface area contributed by atoms with Crippen LogP contribution in [0.2, 0.25) is 18.1 Å². The van der Waals surface area contributed by atoms with Crippen LogP contribution in [0.4, 0.5) is 11.4 Å². The summed E-state index contributed by atoms with van der Waals surface area (Å²) < 4.78 is 6.57. The number of nitrogen functional groups attached to an aromatic ring is 1. The molecule has 0 saturated carbocycles. The van der Waals surface area contributed by atoms with Gasteiger partial charge in [-0.25, -0.2) is 0 Å². The van der Waals surface area contributed by atoms with Crippen molar-refractivity contribution in [2.75, 3.05) is 10.6 Å². The molecule has 0 amide bonds. The summed E-state index contributed by atoms with van der Waals surface area (Å²) in [7, 11) is -1.89.